The Morgan fingerprint density at radius 2 is 0.788 bits per heavy atom. The Bertz CT molecular complexity index is 1130. The Morgan fingerprint density at radius 1 is 0.455 bits per heavy atom. The Hall–Kier alpha value is -1.51. The minimum Gasteiger partial charge on any atom is -0.462 e. The summed E-state index contributed by atoms with van der Waals surface area (Å²) >= 11 is 0. The average Bonchev–Trinajstić information content (AvgIpc) is 3.31. The number of hydrogen-bond acceptors (Lipinski definition) is 8. The van der Waals surface area contributed by atoms with Crippen molar-refractivity contribution >= 4 is 19.8 Å². The third kappa shape index (κ3) is 51.9. The average molecular weight is 954 g/mol. The van der Waals surface area contributed by atoms with Gasteiger partial charge in [-0.3, -0.25) is 18.6 Å². The standard InChI is InChI=1S/C56H108NO8P/c1-3-5-7-9-11-13-15-17-19-21-22-23-24-25-26-27-28-29-30-31-32-33-35-36-38-40-42-44-46-48-55(58)62-52-54(53-64-66(60,61)63-51-50-57)65-56(59)49-47-45-43-41-39-37-34-20-18-16-14-12-10-8-6-4-2/h14,16,20,34,54H,3-13,15,17-19,21-33,35-53,57H2,1-2H3,(H,60,61)/b16-14-,34-20-. The van der Waals surface area contributed by atoms with Crippen LogP contribution >= 0.6 is 7.82 Å². The molecule has 9 nitrogen and oxygen atoms in total. The molecule has 0 saturated carbocycles. The largest absolute Gasteiger partial charge is 0.472 e. The molecule has 0 rings (SSSR count). The van der Waals surface area contributed by atoms with Gasteiger partial charge in [0.05, 0.1) is 13.2 Å². The first-order valence-electron chi connectivity index (χ1n) is 28.3. The lowest BCUT2D eigenvalue weighted by Crippen LogP contribution is -2.29. The number of carbonyl (C=O) groups is 2. The van der Waals surface area contributed by atoms with E-state index in [1.807, 2.05) is 0 Å². The summed E-state index contributed by atoms with van der Waals surface area (Å²) in [6.45, 7) is 3.75. The molecule has 2 atom stereocenters. The van der Waals surface area contributed by atoms with Gasteiger partial charge in [0.15, 0.2) is 6.10 Å². The Labute approximate surface area is 408 Å². The van der Waals surface area contributed by atoms with Crippen LogP contribution in [0, 0.1) is 0 Å². The second-order valence-electron chi connectivity index (χ2n) is 19.2. The number of rotatable bonds is 54. The lowest BCUT2D eigenvalue weighted by Gasteiger charge is -2.19. The summed E-state index contributed by atoms with van der Waals surface area (Å²) in [5, 5.41) is 0. The van der Waals surface area contributed by atoms with Crippen molar-refractivity contribution in [1.29, 1.82) is 0 Å². The fourth-order valence-corrected chi connectivity index (χ4v) is 9.14. The molecule has 0 aliphatic carbocycles. The monoisotopic (exact) mass is 954 g/mol. The number of nitrogens with two attached hydrogens (primary N) is 1. The highest BCUT2D eigenvalue weighted by atomic mass is 31.2. The van der Waals surface area contributed by atoms with E-state index in [9.17, 15) is 19.0 Å². The molecule has 390 valence electrons. The van der Waals surface area contributed by atoms with Crippen LogP contribution in [0.15, 0.2) is 24.3 Å². The van der Waals surface area contributed by atoms with E-state index in [0.29, 0.717) is 6.42 Å². The molecular weight excluding hydrogens is 846 g/mol. The van der Waals surface area contributed by atoms with Crippen LogP contribution < -0.4 is 5.73 Å². The summed E-state index contributed by atoms with van der Waals surface area (Å²) in [6.07, 6.45) is 61.0. The van der Waals surface area contributed by atoms with Crippen LogP contribution in [0.1, 0.15) is 290 Å². The Balaban J connectivity index is 3.88. The quantitative estimate of drug-likeness (QED) is 0.0264. The lowest BCUT2D eigenvalue weighted by molar-refractivity contribution is -0.161. The number of unbranched alkanes of at least 4 members (excludes halogenated alkanes) is 37. The normalized spacial score (nSPS) is 13.2. The fourth-order valence-electron chi connectivity index (χ4n) is 8.37. The molecule has 0 heterocycles. The van der Waals surface area contributed by atoms with Crippen LogP contribution in [0.3, 0.4) is 0 Å². The molecule has 0 aromatic carbocycles. The van der Waals surface area contributed by atoms with Gasteiger partial charge in [0.1, 0.15) is 6.61 Å². The maximum atomic E-state index is 12.6. The molecule has 0 bridgehead atoms. The maximum Gasteiger partial charge on any atom is 0.472 e. The van der Waals surface area contributed by atoms with E-state index in [1.165, 1.54) is 199 Å². The van der Waals surface area contributed by atoms with Gasteiger partial charge in [0.2, 0.25) is 0 Å². The van der Waals surface area contributed by atoms with Crippen molar-refractivity contribution in [2.24, 2.45) is 5.73 Å². The van der Waals surface area contributed by atoms with Gasteiger partial charge in [0, 0.05) is 19.4 Å². The molecule has 2 unspecified atom stereocenters. The zero-order valence-electron chi connectivity index (χ0n) is 43.5. The van der Waals surface area contributed by atoms with Gasteiger partial charge in [0.25, 0.3) is 0 Å². The number of hydrogen-bond donors (Lipinski definition) is 2. The van der Waals surface area contributed by atoms with Crippen LogP contribution in [0.25, 0.3) is 0 Å². The SMILES string of the molecule is CCCCCC/C=C\C/C=C\CCCCCCCC(=O)OC(COC(=O)CCCCCCCCCCCCCCCCCCCCCCCCCCCCCCC)COP(=O)(O)OCCN. The number of esters is 2. The van der Waals surface area contributed by atoms with Crippen molar-refractivity contribution in [3.63, 3.8) is 0 Å². The zero-order valence-corrected chi connectivity index (χ0v) is 44.3. The number of carbonyl (C=O) groups excluding carboxylic acids is 2. The van der Waals surface area contributed by atoms with E-state index in [1.54, 1.807) is 0 Å². The molecule has 0 aliphatic heterocycles. The van der Waals surface area contributed by atoms with Gasteiger partial charge in [-0.2, -0.15) is 0 Å². The van der Waals surface area contributed by atoms with Gasteiger partial charge in [-0.05, 0) is 44.9 Å². The molecule has 0 saturated heterocycles. The number of allylic oxidation sites excluding steroid dienone is 4. The first kappa shape index (κ1) is 64.5. The Kier molecular flexibility index (Phi) is 51.6. The first-order chi connectivity index (χ1) is 32.3. The molecule has 0 aromatic rings. The summed E-state index contributed by atoms with van der Waals surface area (Å²) in [5.41, 5.74) is 5.37. The van der Waals surface area contributed by atoms with E-state index >= 15 is 0 Å². The Morgan fingerprint density at radius 3 is 1.17 bits per heavy atom. The molecule has 66 heavy (non-hydrogen) atoms. The third-order valence-electron chi connectivity index (χ3n) is 12.6. The molecule has 10 heteroatoms. The molecule has 3 N–H and O–H groups in total. The zero-order chi connectivity index (χ0) is 48.1. The van der Waals surface area contributed by atoms with Gasteiger partial charge in [-0.15, -0.1) is 0 Å². The highest BCUT2D eigenvalue weighted by Gasteiger charge is 2.26. The van der Waals surface area contributed by atoms with Crippen LogP contribution in [-0.2, 0) is 32.7 Å². The number of phosphoric ester groups is 1. The number of phosphoric acid groups is 1. The summed E-state index contributed by atoms with van der Waals surface area (Å²) in [6, 6.07) is 0. The summed E-state index contributed by atoms with van der Waals surface area (Å²) < 4.78 is 33.0. The molecule has 0 fully saturated rings. The molecular formula is C56H108NO8P. The third-order valence-corrected chi connectivity index (χ3v) is 13.6. The summed E-state index contributed by atoms with van der Waals surface area (Å²) in [5.74, 6) is -0.829. The predicted octanol–water partition coefficient (Wildman–Crippen LogP) is 17.5. The highest BCUT2D eigenvalue weighted by Crippen LogP contribution is 2.43. The van der Waals surface area contributed by atoms with Gasteiger partial charge in [-0.25, -0.2) is 4.57 Å². The summed E-state index contributed by atoms with van der Waals surface area (Å²) in [7, 11) is -4.38. The minimum absolute atomic E-state index is 0.0528. The molecule has 0 aromatic heterocycles. The van der Waals surface area contributed by atoms with Gasteiger partial charge >= 0.3 is 19.8 Å². The topological polar surface area (TPSA) is 134 Å². The van der Waals surface area contributed by atoms with Crippen molar-refractivity contribution in [1.82, 2.24) is 0 Å². The maximum absolute atomic E-state index is 12.6. The highest BCUT2D eigenvalue weighted by molar-refractivity contribution is 7.47. The second kappa shape index (κ2) is 52.9. The van der Waals surface area contributed by atoms with Crippen molar-refractivity contribution in [2.75, 3.05) is 26.4 Å². The van der Waals surface area contributed by atoms with Gasteiger partial charge in [-0.1, -0.05) is 256 Å². The lowest BCUT2D eigenvalue weighted by atomic mass is 10.0. The minimum atomic E-state index is -4.38. The van der Waals surface area contributed by atoms with Crippen LogP contribution in [-0.4, -0.2) is 49.3 Å². The smallest absolute Gasteiger partial charge is 0.462 e. The van der Waals surface area contributed by atoms with Crippen molar-refractivity contribution in [3.05, 3.63) is 24.3 Å². The van der Waals surface area contributed by atoms with E-state index < -0.39 is 26.5 Å². The van der Waals surface area contributed by atoms with Crippen LogP contribution in [0.4, 0.5) is 0 Å². The molecule has 0 spiro atoms. The van der Waals surface area contributed by atoms with Crippen LogP contribution in [0.2, 0.25) is 0 Å². The second-order valence-corrected chi connectivity index (χ2v) is 20.6. The number of ether oxygens (including phenoxy) is 2. The molecule has 0 radical (unpaired) electrons. The predicted molar refractivity (Wildman–Crippen MR) is 280 cm³/mol. The van der Waals surface area contributed by atoms with E-state index in [2.05, 4.69) is 38.2 Å². The van der Waals surface area contributed by atoms with Crippen molar-refractivity contribution in [3.8, 4) is 0 Å². The van der Waals surface area contributed by atoms with Crippen LogP contribution in [0.5, 0.6) is 0 Å². The first-order valence-corrected chi connectivity index (χ1v) is 29.8. The summed E-state index contributed by atoms with van der Waals surface area (Å²) in [4.78, 5) is 35.1. The molecule has 0 amide bonds. The van der Waals surface area contributed by atoms with E-state index in [0.717, 1.165) is 57.8 Å². The van der Waals surface area contributed by atoms with E-state index in [4.69, 9.17) is 24.3 Å². The molecule has 0 aliphatic rings. The van der Waals surface area contributed by atoms with E-state index in [-0.39, 0.29) is 38.6 Å². The van der Waals surface area contributed by atoms with Crippen molar-refractivity contribution < 1.29 is 37.6 Å². The van der Waals surface area contributed by atoms with Gasteiger partial charge < -0.3 is 20.1 Å². The van der Waals surface area contributed by atoms with Crippen molar-refractivity contribution in [2.45, 2.75) is 296 Å². The fraction of sp³-hybridized carbons (Fsp3) is 0.893.